The van der Waals surface area contributed by atoms with Gasteiger partial charge in [0.1, 0.15) is 0 Å². The average Bonchev–Trinajstić information content (AvgIpc) is 3.24. The molecule has 0 atom stereocenters. The number of carbonyl (C=O) groups excluding carboxylic acids is 1. The molecule has 0 aliphatic carbocycles. The van der Waals surface area contributed by atoms with Gasteiger partial charge >= 0.3 is 0 Å². The summed E-state index contributed by atoms with van der Waals surface area (Å²) < 4.78 is 1.70. The van der Waals surface area contributed by atoms with E-state index >= 15 is 0 Å². The first kappa shape index (κ1) is 14.5. The number of aromatic nitrogens is 3. The van der Waals surface area contributed by atoms with Gasteiger partial charge in [-0.3, -0.25) is 4.79 Å². The Labute approximate surface area is 132 Å². The zero-order valence-electron chi connectivity index (χ0n) is 12.0. The van der Waals surface area contributed by atoms with E-state index < -0.39 is 0 Å². The van der Waals surface area contributed by atoms with Crippen LogP contribution in [-0.4, -0.2) is 20.7 Å². The van der Waals surface area contributed by atoms with Gasteiger partial charge in [-0.25, -0.2) is 9.67 Å². The normalized spacial score (nSPS) is 10.5. The third-order valence-electron chi connectivity index (χ3n) is 3.26. The van der Waals surface area contributed by atoms with E-state index in [1.165, 1.54) is 5.56 Å². The van der Waals surface area contributed by atoms with Crippen molar-refractivity contribution in [1.29, 1.82) is 0 Å². The quantitative estimate of drug-likeness (QED) is 0.761. The van der Waals surface area contributed by atoms with E-state index in [0.29, 0.717) is 13.0 Å². The Morgan fingerprint density at radius 1 is 1.27 bits per heavy atom. The van der Waals surface area contributed by atoms with Crippen molar-refractivity contribution in [2.45, 2.75) is 19.4 Å². The molecule has 0 bridgehead atoms. The van der Waals surface area contributed by atoms with E-state index in [0.717, 1.165) is 17.8 Å². The van der Waals surface area contributed by atoms with Crippen molar-refractivity contribution in [2.24, 2.45) is 0 Å². The number of rotatable bonds is 6. The Bertz CT molecular complexity index is 722. The summed E-state index contributed by atoms with van der Waals surface area (Å²) in [7, 11) is 0. The lowest BCUT2D eigenvalue weighted by molar-refractivity contribution is -0.121. The van der Waals surface area contributed by atoms with Crippen LogP contribution in [0.2, 0.25) is 0 Å². The van der Waals surface area contributed by atoms with Crippen molar-refractivity contribution in [2.75, 3.05) is 0 Å². The summed E-state index contributed by atoms with van der Waals surface area (Å²) in [4.78, 5) is 16.2. The first-order valence-corrected chi connectivity index (χ1v) is 7.98. The van der Waals surface area contributed by atoms with Crippen LogP contribution >= 0.6 is 11.3 Å². The minimum Gasteiger partial charge on any atom is -0.352 e. The Morgan fingerprint density at radius 3 is 3.00 bits per heavy atom. The Balaban J connectivity index is 1.53. The van der Waals surface area contributed by atoms with Gasteiger partial charge in [0.25, 0.3) is 0 Å². The van der Waals surface area contributed by atoms with Crippen LogP contribution in [-0.2, 0) is 17.8 Å². The molecule has 0 fully saturated rings. The van der Waals surface area contributed by atoms with Gasteiger partial charge in [0.15, 0.2) is 5.82 Å². The summed E-state index contributed by atoms with van der Waals surface area (Å²) >= 11 is 1.65. The number of hydrogen-bond donors (Lipinski definition) is 1. The second-order valence-electron chi connectivity index (χ2n) is 4.88. The summed E-state index contributed by atoms with van der Waals surface area (Å²) in [5, 5.41) is 11.2. The largest absolute Gasteiger partial charge is 0.352 e. The second-order valence-corrected chi connectivity index (χ2v) is 5.66. The maximum atomic E-state index is 11.9. The number of carbonyl (C=O) groups is 1. The first-order valence-electron chi connectivity index (χ1n) is 7.04. The highest BCUT2D eigenvalue weighted by Crippen LogP contribution is 2.09. The fourth-order valence-corrected chi connectivity index (χ4v) is 2.79. The van der Waals surface area contributed by atoms with Gasteiger partial charge < -0.3 is 5.32 Å². The van der Waals surface area contributed by atoms with Crippen LogP contribution in [0.4, 0.5) is 0 Å². The predicted molar refractivity (Wildman–Crippen MR) is 85.8 cm³/mol. The standard InChI is InChI=1S/C16H16N4OS/c21-16(3-2-13-5-9-22-12-13)18-11-14-4-7-17-15(10-14)20-8-1-6-19-20/h1,4-10,12H,2-3,11H2,(H,18,21). The van der Waals surface area contributed by atoms with Crippen LogP contribution in [0.3, 0.4) is 0 Å². The van der Waals surface area contributed by atoms with E-state index in [9.17, 15) is 4.79 Å². The smallest absolute Gasteiger partial charge is 0.220 e. The number of thiophene rings is 1. The van der Waals surface area contributed by atoms with Crippen LogP contribution in [0.1, 0.15) is 17.5 Å². The number of pyridine rings is 1. The lowest BCUT2D eigenvalue weighted by atomic mass is 10.2. The van der Waals surface area contributed by atoms with Gasteiger partial charge in [0.2, 0.25) is 5.91 Å². The molecule has 0 radical (unpaired) electrons. The van der Waals surface area contributed by atoms with Crippen LogP contribution < -0.4 is 5.32 Å². The zero-order valence-corrected chi connectivity index (χ0v) is 12.8. The summed E-state index contributed by atoms with van der Waals surface area (Å²) in [6.07, 6.45) is 6.56. The summed E-state index contributed by atoms with van der Waals surface area (Å²) in [5.74, 6) is 0.804. The van der Waals surface area contributed by atoms with Gasteiger partial charge in [0, 0.05) is 31.6 Å². The molecule has 0 saturated carbocycles. The number of nitrogens with one attached hydrogen (secondary N) is 1. The number of amides is 1. The van der Waals surface area contributed by atoms with E-state index in [1.807, 2.05) is 29.8 Å². The third kappa shape index (κ3) is 3.79. The van der Waals surface area contributed by atoms with Crippen molar-refractivity contribution < 1.29 is 4.79 Å². The van der Waals surface area contributed by atoms with Gasteiger partial charge in [0.05, 0.1) is 0 Å². The van der Waals surface area contributed by atoms with E-state index in [4.69, 9.17) is 0 Å². The molecule has 0 spiro atoms. The summed E-state index contributed by atoms with van der Waals surface area (Å²) in [6.45, 7) is 0.499. The average molecular weight is 312 g/mol. The van der Waals surface area contributed by atoms with E-state index in [2.05, 4.69) is 26.8 Å². The molecular formula is C16H16N4OS. The third-order valence-corrected chi connectivity index (χ3v) is 3.99. The fraction of sp³-hybridized carbons (Fsp3) is 0.188. The maximum absolute atomic E-state index is 11.9. The topological polar surface area (TPSA) is 59.8 Å². The molecule has 0 saturated heterocycles. The van der Waals surface area contributed by atoms with E-state index in [-0.39, 0.29) is 5.91 Å². The summed E-state index contributed by atoms with van der Waals surface area (Å²) in [5.41, 5.74) is 2.22. The van der Waals surface area contributed by atoms with Gasteiger partial charge in [-0.05, 0) is 52.6 Å². The number of nitrogens with zero attached hydrogens (tertiary/aromatic N) is 3. The second kappa shape index (κ2) is 7.00. The minimum atomic E-state index is 0.0589. The molecule has 5 nitrogen and oxygen atoms in total. The molecule has 0 aliphatic heterocycles. The molecule has 112 valence electrons. The molecule has 0 aromatic carbocycles. The van der Waals surface area contributed by atoms with Crippen molar-refractivity contribution in [3.05, 3.63) is 64.7 Å². The molecule has 3 rings (SSSR count). The van der Waals surface area contributed by atoms with Gasteiger partial charge in [-0.15, -0.1) is 0 Å². The van der Waals surface area contributed by atoms with Crippen molar-refractivity contribution in [3.63, 3.8) is 0 Å². The Kier molecular flexibility index (Phi) is 4.60. The monoisotopic (exact) mass is 312 g/mol. The van der Waals surface area contributed by atoms with Crippen LogP contribution in [0.25, 0.3) is 5.82 Å². The number of hydrogen-bond acceptors (Lipinski definition) is 4. The molecule has 1 N–H and O–H groups in total. The molecule has 0 aliphatic rings. The molecule has 3 aromatic heterocycles. The molecule has 22 heavy (non-hydrogen) atoms. The summed E-state index contributed by atoms with van der Waals surface area (Å²) in [6, 6.07) is 7.72. The molecule has 6 heteroatoms. The lowest BCUT2D eigenvalue weighted by Gasteiger charge is -2.07. The molecular weight excluding hydrogens is 296 g/mol. The highest BCUT2D eigenvalue weighted by molar-refractivity contribution is 7.07. The van der Waals surface area contributed by atoms with Gasteiger partial charge in [-0.2, -0.15) is 16.4 Å². The van der Waals surface area contributed by atoms with Crippen molar-refractivity contribution in [3.8, 4) is 5.82 Å². The zero-order chi connectivity index (χ0) is 15.2. The van der Waals surface area contributed by atoms with Crippen molar-refractivity contribution in [1.82, 2.24) is 20.1 Å². The Hall–Kier alpha value is -2.47. The SMILES string of the molecule is O=C(CCc1ccsc1)NCc1ccnc(-n2cccn2)c1. The lowest BCUT2D eigenvalue weighted by Crippen LogP contribution is -2.23. The number of aryl methyl sites for hydroxylation is 1. The highest BCUT2D eigenvalue weighted by Gasteiger charge is 2.04. The van der Waals surface area contributed by atoms with E-state index in [1.54, 1.807) is 28.4 Å². The minimum absolute atomic E-state index is 0.0589. The van der Waals surface area contributed by atoms with Crippen LogP contribution in [0, 0.1) is 0 Å². The Morgan fingerprint density at radius 2 is 2.23 bits per heavy atom. The molecule has 0 unspecified atom stereocenters. The molecule has 3 aromatic rings. The maximum Gasteiger partial charge on any atom is 0.220 e. The molecule has 3 heterocycles. The van der Waals surface area contributed by atoms with Crippen LogP contribution in [0.5, 0.6) is 0 Å². The van der Waals surface area contributed by atoms with Gasteiger partial charge in [-0.1, -0.05) is 0 Å². The first-order chi connectivity index (χ1) is 10.8. The fourth-order valence-electron chi connectivity index (χ4n) is 2.08. The van der Waals surface area contributed by atoms with Crippen LogP contribution in [0.15, 0.2) is 53.6 Å². The van der Waals surface area contributed by atoms with Crippen molar-refractivity contribution >= 4 is 17.2 Å². The predicted octanol–water partition coefficient (Wildman–Crippen LogP) is 2.58. The molecule has 1 amide bonds. The highest BCUT2D eigenvalue weighted by atomic mass is 32.1.